The van der Waals surface area contributed by atoms with Crippen LogP contribution in [0.2, 0.25) is 0 Å². The Morgan fingerprint density at radius 2 is 1.93 bits per heavy atom. The second-order valence-electron chi connectivity index (χ2n) is 6.70. The Morgan fingerprint density at radius 1 is 1.11 bits per heavy atom. The van der Waals surface area contributed by atoms with Gasteiger partial charge in [-0.1, -0.05) is 18.2 Å². The number of carbonyl (C=O) groups is 2. The van der Waals surface area contributed by atoms with Crippen LogP contribution in [0.4, 0.5) is 0 Å². The highest BCUT2D eigenvalue weighted by atomic mass is 16.5. The van der Waals surface area contributed by atoms with Gasteiger partial charge in [-0.05, 0) is 38.1 Å². The Labute approximate surface area is 161 Å². The number of para-hydroxylation sites is 1. The fraction of sp³-hybridized carbons (Fsp3) is 0.182. The number of ether oxygens (including phenoxy) is 1. The van der Waals surface area contributed by atoms with Crippen molar-refractivity contribution in [3.8, 4) is 0 Å². The molecule has 0 fully saturated rings. The molecule has 0 radical (unpaired) electrons. The first kappa shape index (κ1) is 17.9. The highest BCUT2D eigenvalue weighted by molar-refractivity contribution is 6.05. The SMILES string of the molecule is Cc1cc(C(=O)COC(=O)c2c[nH]c3ccccc23)c(C)n1Cc1ccco1. The van der Waals surface area contributed by atoms with E-state index in [-0.39, 0.29) is 12.4 Å². The van der Waals surface area contributed by atoms with Crippen LogP contribution >= 0.6 is 0 Å². The summed E-state index contributed by atoms with van der Waals surface area (Å²) in [5.41, 5.74) is 3.59. The monoisotopic (exact) mass is 376 g/mol. The molecule has 142 valence electrons. The van der Waals surface area contributed by atoms with Crippen molar-refractivity contribution in [1.29, 1.82) is 0 Å². The van der Waals surface area contributed by atoms with Crippen LogP contribution in [-0.4, -0.2) is 27.9 Å². The molecular weight excluding hydrogens is 356 g/mol. The molecular formula is C22H20N2O4. The number of fused-ring (bicyclic) bond motifs is 1. The second kappa shape index (κ2) is 7.23. The summed E-state index contributed by atoms with van der Waals surface area (Å²) in [4.78, 5) is 28.1. The lowest BCUT2D eigenvalue weighted by molar-refractivity contribution is 0.0476. The van der Waals surface area contributed by atoms with Crippen molar-refractivity contribution in [2.24, 2.45) is 0 Å². The molecule has 6 heteroatoms. The van der Waals surface area contributed by atoms with E-state index in [0.29, 0.717) is 17.7 Å². The predicted molar refractivity (Wildman–Crippen MR) is 105 cm³/mol. The number of aromatic amines is 1. The van der Waals surface area contributed by atoms with E-state index in [1.54, 1.807) is 12.5 Å². The number of rotatable bonds is 6. The average molecular weight is 376 g/mol. The number of ketones is 1. The Hall–Kier alpha value is -3.54. The standard InChI is InChI=1S/C22H20N2O4/c1-14-10-18(15(2)24(14)12-16-6-5-9-27-16)21(25)13-28-22(26)19-11-23-20-8-4-3-7-17(19)20/h3-11,23H,12-13H2,1-2H3. The average Bonchev–Trinajstić information content (AvgIpc) is 3.42. The number of aryl methyl sites for hydroxylation is 1. The number of Topliss-reactive ketones (excluding diaryl/α,β-unsaturated/α-hetero) is 1. The Kier molecular flexibility index (Phi) is 4.61. The van der Waals surface area contributed by atoms with Crippen molar-refractivity contribution >= 4 is 22.7 Å². The first-order valence-corrected chi connectivity index (χ1v) is 9.00. The fourth-order valence-corrected chi connectivity index (χ4v) is 3.41. The number of furan rings is 1. The molecule has 4 aromatic rings. The number of H-pyrrole nitrogens is 1. The van der Waals surface area contributed by atoms with Crippen molar-refractivity contribution in [3.05, 3.63) is 83.2 Å². The molecule has 3 aromatic heterocycles. The third-order valence-electron chi connectivity index (χ3n) is 4.91. The zero-order valence-corrected chi connectivity index (χ0v) is 15.7. The zero-order valence-electron chi connectivity index (χ0n) is 15.7. The summed E-state index contributed by atoms with van der Waals surface area (Å²) in [6.07, 6.45) is 3.23. The minimum absolute atomic E-state index is 0.230. The summed E-state index contributed by atoms with van der Waals surface area (Å²) < 4.78 is 12.7. The summed E-state index contributed by atoms with van der Waals surface area (Å²) in [6, 6.07) is 13.0. The van der Waals surface area contributed by atoms with Gasteiger partial charge in [-0.15, -0.1) is 0 Å². The van der Waals surface area contributed by atoms with Crippen molar-refractivity contribution in [2.45, 2.75) is 20.4 Å². The Morgan fingerprint density at radius 3 is 2.71 bits per heavy atom. The summed E-state index contributed by atoms with van der Waals surface area (Å²) in [6.45, 7) is 4.06. The highest BCUT2D eigenvalue weighted by Gasteiger charge is 2.19. The van der Waals surface area contributed by atoms with Gasteiger partial charge in [0.2, 0.25) is 5.78 Å². The molecule has 0 atom stereocenters. The van der Waals surface area contributed by atoms with Crippen LogP contribution in [0, 0.1) is 13.8 Å². The van der Waals surface area contributed by atoms with Crippen molar-refractivity contribution in [1.82, 2.24) is 9.55 Å². The molecule has 0 saturated heterocycles. The van der Waals surface area contributed by atoms with Crippen molar-refractivity contribution in [2.75, 3.05) is 6.61 Å². The summed E-state index contributed by atoms with van der Waals surface area (Å²) in [5.74, 6) is 0.0637. The van der Waals surface area contributed by atoms with E-state index in [2.05, 4.69) is 4.98 Å². The van der Waals surface area contributed by atoms with Gasteiger partial charge < -0.3 is 18.7 Å². The van der Waals surface area contributed by atoms with Gasteiger partial charge in [-0.2, -0.15) is 0 Å². The normalized spacial score (nSPS) is 11.1. The van der Waals surface area contributed by atoms with Gasteiger partial charge in [0.25, 0.3) is 0 Å². The molecule has 0 spiro atoms. The number of hydrogen-bond acceptors (Lipinski definition) is 4. The summed E-state index contributed by atoms with van der Waals surface area (Å²) in [5, 5.41) is 0.775. The molecule has 3 heterocycles. The van der Waals surface area contributed by atoms with E-state index in [1.165, 1.54) is 0 Å². The molecule has 6 nitrogen and oxygen atoms in total. The molecule has 1 N–H and O–H groups in total. The van der Waals surface area contributed by atoms with Crippen molar-refractivity contribution in [3.63, 3.8) is 0 Å². The van der Waals surface area contributed by atoms with E-state index < -0.39 is 5.97 Å². The fourth-order valence-electron chi connectivity index (χ4n) is 3.41. The topological polar surface area (TPSA) is 77.2 Å². The quantitative estimate of drug-likeness (QED) is 0.403. The third kappa shape index (κ3) is 3.24. The van der Waals surface area contributed by atoms with Gasteiger partial charge in [0.05, 0.1) is 18.4 Å². The Balaban J connectivity index is 1.47. The van der Waals surface area contributed by atoms with Crippen LogP contribution in [-0.2, 0) is 11.3 Å². The molecule has 1 aromatic carbocycles. The lowest BCUT2D eigenvalue weighted by atomic mass is 10.1. The summed E-state index contributed by atoms with van der Waals surface area (Å²) in [7, 11) is 0. The number of nitrogens with zero attached hydrogens (tertiary/aromatic N) is 1. The highest BCUT2D eigenvalue weighted by Crippen LogP contribution is 2.20. The van der Waals surface area contributed by atoms with E-state index in [1.807, 2.05) is 60.9 Å². The second-order valence-corrected chi connectivity index (χ2v) is 6.70. The maximum atomic E-state index is 12.6. The lowest BCUT2D eigenvalue weighted by Gasteiger charge is -2.08. The van der Waals surface area contributed by atoms with Gasteiger partial charge in [0, 0.05) is 34.1 Å². The molecule has 0 unspecified atom stereocenters. The smallest absolute Gasteiger partial charge is 0.340 e. The number of nitrogens with one attached hydrogen (secondary N) is 1. The minimum Gasteiger partial charge on any atom is -0.467 e. The van der Waals surface area contributed by atoms with Gasteiger partial charge >= 0.3 is 5.97 Å². The first-order chi connectivity index (χ1) is 13.5. The molecule has 0 saturated carbocycles. The van der Waals surface area contributed by atoms with Crippen LogP contribution < -0.4 is 0 Å². The largest absolute Gasteiger partial charge is 0.467 e. The van der Waals surface area contributed by atoms with E-state index in [0.717, 1.165) is 28.1 Å². The zero-order chi connectivity index (χ0) is 19.7. The number of benzene rings is 1. The molecule has 0 aliphatic heterocycles. The van der Waals surface area contributed by atoms with Crippen LogP contribution in [0.25, 0.3) is 10.9 Å². The predicted octanol–water partition coefficient (Wildman–Crippen LogP) is 4.27. The van der Waals surface area contributed by atoms with Crippen LogP contribution in [0.3, 0.4) is 0 Å². The number of carbonyl (C=O) groups excluding carboxylic acids is 2. The third-order valence-corrected chi connectivity index (χ3v) is 4.91. The first-order valence-electron chi connectivity index (χ1n) is 9.00. The molecule has 0 bridgehead atoms. The minimum atomic E-state index is -0.518. The molecule has 0 amide bonds. The Bertz CT molecular complexity index is 1150. The van der Waals surface area contributed by atoms with E-state index in [4.69, 9.17) is 9.15 Å². The molecule has 4 rings (SSSR count). The van der Waals surface area contributed by atoms with Crippen LogP contribution in [0.5, 0.6) is 0 Å². The van der Waals surface area contributed by atoms with Gasteiger partial charge in [0.15, 0.2) is 6.61 Å². The number of hydrogen-bond donors (Lipinski definition) is 1. The van der Waals surface area contributed by atoms with E-state index >= 15 is 0 Å². The maximum absolute atomic E-state index is 12.6. The lowest BCUT2D eigenvalue weighted by Crippen LogP contribution is -2.15. The van der Waals surface area contributed by atoms with Gasteiger partial charge in [0.1, 0.15) is 5.76 Å². The number of aromatic nitrogens is 2. The van der Waals surface area contributed by atoms with Crippen LogP contribution in [0.1, 0.15) is 37.9 Å². The van der Waals surface area contributed by atoms with Crippen molar-refractivity contribution < 1.29 is 18.7 Å². The molecule has 0 aliphatic carbocycles. The maximum Gasteiger partial charge on any atom is 0.340 e. The van der Waals surface area contributed by atoms with Gasteiger partial charge in [-0.25, -0.2) is 4.79 Å². The molecule has 28 heavy (non-hydrogen) atoms. The van der Waals surface area contributed by atoms with Crippen LogP contribution in [0.15, 0.2) is 59.3 Å². The van der Waals surface area contributed by atoms with E-state index in [9.17, 15) is 9.59 Å². The number of esters is 1. The van der Waals surface area contributed by atoms with Gasteiger partial charge in [-0.3, -0.25) is 4.79 Å². The molecule has 0 aliphatic rings. The summed E-state index contributed by atoms with van der Waals surface area (Å²) >= 11 is 0.